The number of aromatic nitrogens is 1. The third kappa shape index (κ3) is 3.23. The maximum Gasteiger partial charge on any atom is 0.137 e. The lowest BCUT2D eigenvalue weighted by atomic mass is 9.58. The smallest absolute Gasteiger partial charge is 0.137 e. The molecule has 7 aromatic carbocycles. The molecular weight excluding hydrogens is 719 g/mol. The van der Waals surface area contributed by atoms with Crippen LogP contribution in [0.3, 0.4) is 0 Å². The molecule has 2 spiro atoms. The number of hydrogen-bond donors (Lipinski definition) is 0. The predicted molar refractivity (Wildman–Crippen MR) is 232 cm³/mol. The van der Waals surface area contributed by atoms with Crippen molar-refractivity contribution in [2.24, 2.45) is 0 Å². The van der Waals surface area contributed by atoms with Crippen LogP contribution in [0.1, 0.15) is 43.1 Å². The van der Waals surface area contributed by atoms with Gasteiger partial charge >= 0.3 is 0 Å². The highest BCUT2D eigenvalue weighted by Gasteiger charge is 2.61. The highest BCUT2D eigenvalue weighted by molar-refractivity contribution is 7.15. The zero-order valence-electron chi connectivity index (χ0n) is 29.9. The second kappa shape index (κ2) is 10.2. The second-order valence-electron chi connectivity index (χ2n) is 15.5. The quantitative estimate of drug-likeness (QED) is 0.164. The van der Waals surface area contributed by atoms with Crippen molar-refractivity contribution in [1.29, 1.82) is 0 Å². The van der Waals surface area contributed by atoms with Crippen molar-refractivity contribution in [2.45, 2.75) is 10.8 Å². The highest BCUT2D eigenvalue weighted by atomic mass is 32.1. The van der Waals surface area contributed by atoms with Gasteiger partial charge in [-0.15, -0.1) is 22.7 Å². The Morgan fingerprint density at radius 3 is 1.64 bits per heavy atom. The molecule has 14 rings (SSSR count). The molecule has 0 saturated heterocycles. The predicted octanol–water partition coefficient (Wildman–Crippen LogP) is 13.8. The molecule has 0 atom stereocenters. The van der Waals surface area contributed by atoms with E-state index in [9.17, 15) is 0 Å². The summed E-state index contributed by atoms with van der Waals surface area (Å²) < 4.78 is 9.12. The Hall–Kier alpha value is -6.46. The standard InChI is InChI=1S/C52H29NOS2/c1-7-19-37-30(13-1)31-14-2-8-20-38(31)51(37)41-27-28-55-49(41)52(39-21-9-3-15-32(39)33-16-4-10-22-40(33)52)42-29-46(56-50(42)51)53-43-23-11-5-17-34(43)35-25-26-45-47(48(35)53)36-18-6-12-24-44(36)54-45/h1-29H. The van der Waals surface area contributed by atoms with E-state index >= 15 is 0 Å². The van der Waals surface area contributed by atoms with E-state index < -0.39 is 10.8 Å². The van der Waals surface area contributed by atoms with Gasteiger partial charge in [-0.1, -0.05) is 133 Å². The van der Waals surface area contributed by atoms with Gasteiger partial charge in [-0.25, -0.2) is 0 Å². The number of rotatable bonds is 1. The van der Waals surface area contributed by atoms with Crippen LogP contribution in [0, 0.1) is 0 Å². The van der Waals surface area contributed by atoms with Gasteiger partial charge in [0.05, 0.1) is 27.2 Å². The Kier molecular flexibility index (Phi) is 5.45. The molecule has 4 heteroatoms. The molecule has 260 valence electrons. The summed E-state index contributed by atoms with van der Waals surface area (Å²) in [5.41, 5.74) is 16.8. The number of fused-ring (bicyclic) bond motifs is 23. The average molecular weight is 748 g/mol. The normalized spacial score (nSPS) is 15.1. The summed E-state index contributed by atoms with van der Waals surface area (Å²) in [5, 5.41) is 8.37. The van der Waals surface area contributed by atoms with E-state index in [-0.39, 0.29) is 0 Å². The maximum atomic E-state index is 6.56. The van der Waals surface area contributed by atoms with Crippen LogP contribution in [-0.2, 0) is 10.8 Å². The first-order valence-corrected chi connectivity index (χ1v) is 20.9. The fraction of sp³-hybridized carbons (Fsp3) is 0.0385. The zero-order chi connectivity index (χ0) is 36.3. The van der Waals surface area contributed by atoms with Gasteiger partial charge in [0.1, 0.15) is 16.2 Å². The van der Waals surface area contributed by atoms with E-state index in [1.807, 2.05) is 22.7 Å². The monoisotopic (exact) mass is 747 g/mol. The molecular formula is C52H29NOS2. The summed E-state index contributed by atoms with van der Waals surface area (Å²) in [7, 11) is 0. The number of nitrogens with zero attached hydrogens (tertiary/aromatic N) is 1. The molecule has 0 fully saturated rings. The summed E-state index contributed by atoms with van der Waals surface area (Å²) in [6.45, 7) is 0. The number of para-hydroxylation sites is 2. The molecule has 0 saturated carbocycles. The fourth-order valence-electron chi connectivity index (χ4n) is 11.2. The van der Waals surface area contributed by atoms with Crippen molar-refractivity contribution in [3.8, 4) is 27.3 Å². The summed E-state index contributed by atoms with van der Waals surface area (Å²) >= 11 is 3.90. The van der Waals surface area contributed by atoms with E-state index in [1.54, 1.807) is 0 Å². The Morgan fingerprint density at radius 2 is 0.982 bits per heavy atom. The number of thiophene rings is 2. The third-order valence-corrected chi connectivity index (χ3v) is 15.4. The minimum atomic E-state index is -0.477. The van der Waals surface area contributed by atoms with Gasteiger partial charge in [0, 0.05) is 25.9 Å². The summed E-state index contributed by atoms with van der Waals surface area (Å²) in [6, 6.07) is 63.6. The van der Waals surface area contributed by atoms with Crippen LogP contribution < -0.4 is 0 Å². The van der Waals surface area contributed by atoms with Crippen molar-refractivity contribution in [3.05, 3.63) is 218 Å². The van der Waals surface area contributed by atoms with Gasteiger partial charge in [-0.2, -0.15) is 0 Å². The van der Waals surface area contributed by atoms with Gasteiger partial charge in [0.15, 0.2) is 0 Å². The number of hydrogen-bond acceptors (Lipinski definition) is 3. The topological polar surface area (TPSA) is 18.1 Å². The molecule has 0 unspecified atom stereocenters. The molecule has 0 aliphatic heterocycles. The van der Waals surface area contributed by atoms with E-state index in [4.69, 9.17) is 4.42 Å². The van der Waals surface area contributed by atoms with Crippen LogP contribution in [0.25, 0.3) is 71.0 Å². The fourth-order valence-corrected chi connectivity index (χ4v) is 13.9. The van der Waals surface area contributed by atoms with Gasteiger partial charge in [-0.05, 0) is 97.4 Å². The van der Waals surface area contributed by atoms with Crippen LogP contribution in [0.5, 0.6) is 0 Å². The molecule has 3 aliphatic carbocycles. The van der Waals surface area contributed by atoms with Gasteiger partial charge in [0.25, 0.3) is 0 Å². The van der Waals surface area contributed by atoms with Crippen LogP contribution in [0.2, 0.25) is 0 Å². The molecule has 11 aromatic rings. The van der Waals surface area contributed by atoms with Gasteiger partial charge < -0.3 is 4.42 Å². The molecule has 0 bridgehead atoms. The van der Waals surface area contributed by atoms with E-state index in [0.717, 1.165) is 21.9 Å². The van der Waals surface area contributed by atoms with Crippen molar-refractivity contribution in [1.82, 2.24) is 4.57 Å². The number of furan rings is 1. The highest BCUT2D eigenvalue weighted by Crippen LogP contribution is 2.70. The van der Waals surface area contributed by atoms with Crippen LogP contribution in [0.4, 0.5) is 0 Å². The van der Waals surface area contributed by atoms with Crippen LogP contribution in [-0.4, -0.2) is 4.57 Å². The SMILES string of the molecule is c1ccc2c(c1)-c1ccccc1C21c2cc(-n3c4ccccc4c4ccc5oc6ccccc6c5c43)sc2C2(c3ccccc3-c3ccccc32)c2ccsc21. The lowest BCUT2D eigenvalue weighted by Gasteiger charge is -2.45. The molecule has 56 heavy (non-hydrogen) atoms. The Balaban J connectivity index is 1.21. The van der Waals surface area contributed by atoms with E-state index in [2.05, 4.69) is 180 Å². The summed E-state index contributed by atoms with van der Waals surface area (Å²) in [6.07, 6.45) is 0. The van der Waals surface area contributed by atoms with Crippen LogP contribution >= 0.6 is 22.7 Å². The lowest BCUT2D eigenvalue weighted by molar-refractivity contribution is 0.662. The average Bonchev–Trinajstić information content (AvgIpc) is 4.11. The molecule has 0 amide bonds. The van der Waals surface area contributed by atoms with Gasteiger partial charge in [0.2, 0.25) is 0 Å². The van der Waals surface area contributed by atoms with Crippen LogP contribution in [0.15, 0.2) is 180 Å². The van der Waals surface area contributed by atoms with E-state index in [1.165, 1.54) is 92.2 Å². The summed E-state index contributed by atoms with van der Waals surface area (Å²) in [5.74, 6) is 0. The zero-order valence-corrected chi connectivity index (χ0v) is 31.5. The first kappa shape index (κ1) is 29.8. The Morgan fingerprint density at radius 1 is 0.429 bits per heavy atom. The second-order valence-corrected chi connectivity index (χ2v) is 17.4. The maximum absolute atomic E-state index is 6.56. The van der Waals surface area contributed by atoms with E-state index in [0.29, 0.717) is 0 Å². The molecule has 4 aromatic heterocycles. The minimum absolute atomic E-state index is 0.477. The molecule has 0 N–H and O–H groups in total. The van der Waals surface area contributed by atoms with Crippen molar-refractivity contribution in [2.75, 3.05) is 0 Å². The molecule has 4 heterocycles. The first-order valence-electron chi connectivity index (χ1n) is 19.3. The molecule has 3 aliphatic rings. The summed E-state index contributed by atoms with van der Waals surface area (Å²) in [4.78, 5) is 2.82. The minimum Gasteiger partial charge on any atom is -0.456 e. The van der Waals surface area contributed by atoms with Crippen molar-refractivity contribution >= 4 is 66.4 Å². The molecule has 2 nitrogen and oxygen atoms in total. The Bertz CT molecular complexity index is 3290. The lowest BCUT2D eigenvalue weighted by Crippen LogP contribution is -2.41. The first-order chi connectivity index (χ1) is 27.8. The number of benzene rings is 7. The van der Waals surface area contributed by atoms with Gasteiger partial charge in [-0.3, -0.25) is 4.57 Å². The molecule has 0 radical (unpaired) electrons. The van der Waals surface area contributed by atoms with Crippen molar-refractivity contribution in [3.63, 3.8) is 0 Å². The van der Waals surface area contributed by atoms with Crippen molar-refractivity contribution < 1.29 is 4.42 Å². The largest absolute Gasteiger partial charge is 0.456 e. The third-order valence-electron chi connectivity index (χ3n) is 13.2. The Labute approximate surface area is 330 Å².